The van der Waals surface area contributed by atoms with Crippen molar-refractivity contribution in [3.8, 4) is 0 Å². The summed E-state index contributed by atoms with van der Waals surface area (Å²) < 4.78 is 24.1. The molecule has 11 heteroatoms. The van der Waals surface area contributed by atoms with Crippen molar-refractivity contribution in [1.82, 2.24) is 20.6 Å². The molecule has 5 heterocycles. The quantitative estimate of drug-likeness (QED) is 0.660. The lowest BCUT2D eigenvalue weighted by Crippen LogP contribution is -2.58. The lowest BCUT2D eigenvalue weighted by Gasteiger charge is -2.39. The Morgan fingerprint density at radius 1 is 1.11 bits per heavy atom. The van der Waals surface area contributed by atoms with Crippen LogP contribution < -0.4 is 20.4 Å². The Bertz CT molecular complexity index is 770. The van der Waals surface area contributed by atoms with Crippen molar-refractivity contribution in [2.24, 2.45) is 0 Å². The minimum absolute atomic E-state index is 0. The van der Waals surface area contributed by atoms with E-state index in [0.29, 0.717) is 12.1 Å². The minimum atomic E-state index is -2.97. The summed E-state index contributed by atoms with van der Waals surface area (Å²) in [6.07, 6.45) is 4.25. The first kappa shape index (κ1) is 20.9. The normalized spacial score (nSPS) is 33.8. The van der Waals surface area contributed by atoms with Crippen molar-refractivity contribution in [2.75, 3.05) is 47.5 Å². The molecule has 2 bridgehead atoms. The average molecular weight is 437 g/mol. The summed E-state index contributed by atoms with van der Waals surface area (Å²) in [5.41, 5.74) is 0. The second-order valence-electron chi connectivity index (χ2n) is 7.66. The number of anilines is 2. The highest BCUT2D eigenvalue weighted by Crippen LogP contribution is 2.28. The SMILES string of the molecule is Cl.Cl.O=S1(=O)C[C@@H]2NCCN(c3ccnc(N4C[C@H]5CC[C@@H](C4)N5)n3)[C@@H]2C1. The third-order valence-electron chi connectivity index (χ3n) is 5.90. The third kappa shape index (κ3) is 3.98. The number of sulfone groups is 1. The number of aromatic nitrogens is 2. The zero-order chi connectivity index (χ0) is 17.0. The van der Waals surface area contributed by atoms with E-state index in [9.17, 15) is 8.42 Å². The zero-order valence-corrected chi connectivity index (χ0v) is 17.4. The van der Waals surface area contributed by atoms with Crippen molar-refractivity contribution in [3.63, 3.8) is 0 Å². The molecule has 0 aliphatic carbocycles. The van der Waals surface area contributed by atoms with Crippen LogP contribution in [0.3, 0.4) is 0 Å². The van der Waals surface area contributed by atoms with Gasteiger partial charge in [-0.1, -0.05) is 0 Å². The van der Waals surface area contributed by atoms with Gasteiger partial charge in [-0.15, -0.1) is 24.8 Å². The molecule has 0 unspecified atom stereocenters. The molecular formula is C16H26Cl2N6O2S. The molecule has 2 N–H and O–H groups in total. The maximum atomic E-state index is 12.1. The van der Waals surface area contributed by atoms with Crippen LogP contribution >= 0.6 is 24.8 Å². The van der Waals surface area contributed by atoms with Gasteiger partial charge in [0, 0.05) is 50.5 Å². The second-order valence-corrected chi connectivity index (χ2v) is 9.81. The van der Waals surface area contributed by atoms with Gasteiger partial charge in [-0.25, -0.2) is 13.4 Å². The smallest absolute Gasteiger partial charge is 0.227 e. The highest BCUT2D eigenvalue weighted by molar-refractivity contribution is 7.91. The van der Waals surface area contributed by atoms with Gasteiger partial charge in [0.2, 0.25) is 5.95 Å². The fraction of sp³-hybridized carbons (Fsp3) is 0.750. The molecule has 4 saturated heterocycles. The second kappa shape index (κ2) is 7.87. The van der Waals surface area contributed by atoms with Gasteiger partial charge in [0.1, 0.15) is 5.82 Å². The Morgan fingerprint density at radius 3 is 2.59 bits per heavy atom. The van der Waals surface area contributed by atoms with Crippen molar-refractivity contribution in [3.05, 3.63) is 12.3 Å². The molecule has 1 aromatic rings. The predicted molar refractivity (Wildman–Crippen MR) is 110 cm³/mol. The summed E-state index contributed by atoms with van der Waals surface area (Å²) in [5, 5.41) is 6.98. The summed E-state index contributed by atoms with van der Waals surface area (Å²) in [6.45, 7) is 3.46. The first-order chi connectivity index (χ1) is 12.1. The van der Waals surface area contributed by atoms with Gasteiger partial charge >= 0.3 is 0 Å². The molecule has 4 atom stereocenters. The van der Waals surface area contributed by atoms with Crippen LogP contribution in [0.25, 0.3) is 0 Å². The van der Waals surface area contributed by atoms with E-state index in [1.54, 1.807) is 0 Å². The number of halogens is 2. The largest absolute Gasteiger partial charge is 0.350 e. The minimum Gasteiger partial charge on any atom is -0.350 e. The highest BCUT2D eigenvalue weighted by Gasteiger charge is 2.43. The number of hydrogen-bond acceptors (Lipinski definition) is 8. The number of hydrogen-bond donors (Lipinski definition) is 2. The molecule has 0 spiro atoms. The highest BCUT2D eigenvalue weighted by atomic mass is 35.5. The maximum absolute atomic E-state index is 12.1. The van der Waals surface area contributed by atoms with Crippen LogP contribution in [0.5, 0.6) is 0 Å². The van der Waals surface area contributed by atoms with E-state index in [2.05, 4.69) is 25.4 Å². The molecule has 1 aromatic heterocycles. The number of piperazine rings is 2. The fourth-order valence-electron chi connectivity index (χ4n) is 4.76. The standard InChI is InChI=1S/C16H24N6O2S.2ClH/c23-25(24)9-13-14(10-25)22(6-5-17-13)15-3-4-18-16(20-15)21-7-11-1-2-12(8-21)19-11;;/h3-4,11-14,17,19H,1-2,5-10H2;2*1H/t11-,12+,13-,14+;;/m0../s1. The van der Waals surface area contributed by atoms with E-state index >= 15 is 0 Å². The van der Waals surface area contributed by atoms with Crippen LogP contribution in [0.15, 0.2) is 12.3 Å². The fourth-order valence-corrected chi connectivity index (χ4v) is 6.72. The van der Waals surface area contributed by atoms with Crippen LogP contribution in [-0.2, 0) is 9.84 Å². The summed E-state index contributed by atoms with van der Waals surface area (Å²) in [7, 11) is -2.97. The summed E-state index contributed by atoms with van der Waals surface area (Å²) in [4.78, 5) is 13.7. The van der Waals surface area contributed by atoms with Crippen LogP contribution in [0, 0.1) is 0 Å². The molecule has 27 heavy (non-hydrogen) atoms. The first-order valence-corrected chi connectivity index (χ1v) is 10.9. The van der Waals surface area contributed by atoms with Gasteiger partial charge in [0.15, 0.2) is 9.84 Å². The van der Waals surface area contributed by atoms with Crippen LogP contribution in [0.4, 0.5) is 11.8 Å². The van der Waals surface area contributed by atoms with Gasteiger partial charge in [0.05, 0.1) is 17.5 Å². The number of nitrogens with one attached hydrogen (secondary N) is 2. The topological polar surface area (TPSA) is 90.5 Å². The first-order valence-electron chi connectivity index (χ1n) is 9.12. The Labute approximate surface area is 172 Å². The van der Waals surface area contributed by atoms with E-state index in [4.69, 9.17) is 4.98 Å². The Morgan fingerprint density at radius 2 is 1.85 bits per heavy atom. The predicted octanol–water partition coefficient (Wildman–Crippen LogP) is -0.164. The van der Waals surface area contributed by atoms with Gasteiger partial charge in [-0.2, -0.15) is 4.98 Å². The Balaban J connectivity index is 0.00000105. The zero-order valence-electron chi connectivity index (χ0n) is 15.0. The molecule has 0 saturated carbocycles. The molecule has 4 aliphatic heterocycles. The molecule has 5 rings (SSSR count). The number of nitrogens with zero attached hydrogens (tertiary/aromatic N) is 4. The maximum Gasteiger partial charge on any atom is 0.227 e. The Hall–Kier alpha value is -0.870. The Kier molecular flexibility index (Phi) is 6.08. The van der Waals surface area contributed by atoms with Gasteiger partial charge in [-0.3, -0.25) is 0 Å². The summed E-state index contributed by atoms with van der Waals surface area (Å²) in [6, 6.07) is 2.96. The van der Waals surface area contributed by atoms with E-state index in [0.717, 1.165) is 37.9 Å². The molecular weight excluding hydrogens is 411 g/mol. The third-order valence-corrected chi connectivity index (χ3v) is 7.62. The summed E-state index contributed by atoms with van der Waals surface area (Å²) in [5.74, 6) is 2.06. The van der Waals surface area contributed by atoms with E-state index in [-0.39, 0.29) is 48.4 Å². The van der Waals surface area contributed by atoms with Crippen LogP contribution in [-0.4, -0.2) is 80.2 Å². The van der Waals surface area contributed by atoms with Crippen molar-refractivity contribution in [1.29, 1.82) is 0 Å². The molecule has 0 amide bonds. The van der Waals surface area contributed by atoms with Crippen molar-refractivity contribution < 1.29 is 8.42 Å². The number of fused-ring (bicyclic) bond motifs is 3. The van der Waals surface area contributed by atoms with Gasteiger partial charge < -0.3 is 20.4 Å². The van der Waals surface area contributed by atoms with E-state index in [1.165, 1.54) is 12.8 Å². The molecule has 4 aliphatic rings. The van der Waals surface area contributed by atoms with Gasteiger partial charge in [-0.05, 0) is 18.9 Å². The van der Waals surface area contributed by atoms with Crippen LogP contribution in [0.1, 0.15) is 12.8 Å². The summed E-state index contributed by atoms with van der Waals surface area (Å²) >= 11 is 0. The van der Waals surface area contributed by atoms with Crippen LogP contribution in [0.2, 0.25) is 0 Å². The van der Waals surface area contributed by atoms with Gasteiger partial charge in [0.25, 0.3) is 0 Å². The molecule has 4 fully saturated rings. The molecule has 152 valence electrons. The molecule has 0 radical (unpaired) electrons. The monoisotopic (exact) mass is 436 g/mol. The lowest BCUT2D eigenvalue weighted by atomic mass is 10.1. The van der Waals surface area contributed by atoms with E-state index < -0.39 is 9.84 Å². The average Bonchev–Trinajstić information content (AvgIpc) is 3.11. The van der Waals surface area contributed by atoms with Crippen molar-refractivity contribution >= 4 is 46.4 Å². The lowest BCUT2D eigenvalue weighted by molar-refractivity contribution is 0.422. The van der Waals surface area contributed by atoms with E-state index in [1.807, 2.05) is 12.3 Å². The van der Waals surface area contributed by atoms with Crippen molar-refractivity contribution in [2.45, 2.75) is 37.0 Å². The number of rotatable bonds is 2. The molecule has 0 aromatic carbocycles. The molecule has 8 nitrogen and oxygen atoms in total.